The number of rotatable bonds is 5. The van der Waals surface area contributed by atoms with E-state index in [1.165, 1.54) is 44.6 Å². The summed E-state index contributed by atoms with van der Waals surface area (Å²) in [6.45, 7) is 0. The lowest BCUT2D eigenvalue weighted by atomic mass is 10.2. The Morgan fingerprint density at radius 3 is 2.46 bits per heavy atom. The molecule has 0 radical (unpaired) electrons. The first-order valence-corrected chi connectivity index (χ1v) is 9.46. The van der Waals surface area contributed by atoms with Crippen molar-refractivity contribution in [2.24, 2.45) is 0 Å². The van der Waals surface area contributed by atoms with Gasteiger partial charge in [-0.2, -0.15) is 0 Å². The molecule has 128 valence electrons. The first kappa shape index (κ1) is 18.8. The fourth-order valence-electron chi connectivity index (χ4n) is 1.87. The third-order valence-corrected chi connectivity index (χ3v) is 5.60. The molecule has 0 saturated carbocycles. The highest BCUT2D eigenvalue weighted by atomic mass is 127. The monoisotopic (exact) mass is 481 g/mol. The van der Waals surface area contributed by atoms with Crippen LogP contribution in [0.4, 0.5) is 5.69 Å². The third-order valence-electron chi connectivity index (χ3n) is 3.07. The fourth-order valence-corrected chi connectivity index (χ4v) is 4.13. The van der Waals surface area contributed by atoms with Gasteiger partial charge in [0.25, 0.3) is 10.0 Å². The number of halogens is 2. The lowest BCUT2D eigenvalue weighted by Gasteiger charge is -2.12. The van der Waals surface area contributed by atoms with E-state index in [9.17, 15) is 13.2 Å². The maximum absolute atomic E-state index is 12.5. The average molecular weight is 482 g/mol. The quantitative estimate of drug-likeness (QED) is 0.522. The van der Waals surface area contributed by atoms with Gasteiger partial charge in [0.2, 0.25) is 0 Å². The van der Waals surface area contributed by atoms with Crippen LogP contribution < -0.4 is 9.46 Å². The summed E-state index contributed by atoms with van der Waals surface area (Å²) in [4.78, 5) is 11.6. The summed E-state index contributed by atoms with van der Waals surface area (Å²) in [5, 5.41) is 0.162. The van der Waals surface area contributed by atoms with Crippen molar-refractivity contribution in [1.82, 2.24) is 0 Å². The summed E-state index contributed by atoms with van der Waals surface area (Å²) in [5.74, 6) is -0.0219. The minimum absolute atomic E-state index is 0.0484. The van der Waals surface area contributed by atoms with Crippen LogP contribution in [0.1, 0.15) is 10.4 Å². The van der Waals surface area contributed by atoms with Crippen molar-refractivity contribution >= 4 is 55.9 Å². The molecule has 6 nitrogen and oxygen atoms in total. The minimum atomic E-state index is -3.88. The van der Waals surface area contributed by atoms with Gasteiger partial charge in [-0.15, -0.1) is 0 Å². The Morgan fingerprint density at radius 2 is 1.88 bits per heavy atom. The lowest BCUT2D eigenvalue weighted by molar-refractivity contribution is 0.0601. The minimum Gasteiger partial charge on any atom is -0.496 e. The van der Waals surface area contributed by atoms with Crippen LogP contribution in [-0.2, 0) is 14.8 Å². The van der Waals surface area contributed by atoms with E-state index < -0.39 is 16.0 Å². The number of anilines is 1. The molecule has 0 bridgehead atoms. The molecule has 0 unspecified atom stereocenters. The molecule has 0 heterocycles. The summed E-state index contributed by atoms with van der Waals surface area (Å²) < 4.78 is 37.8. The summed E-state index contributed by atoms with van der Waals surface area (Å²) in [6, 6.07) is 8.63. The Morgan fingerprint density at radius 1 is 1.17 bits per heavy atom. The van der Waals surface area contributed by atoms with Gasteiger partial charge in [0.05, 0.1) is 39.0 Å². The average Bonchev–Trinajstić information content (AvgIpc) is 2.55. The number of methoxy groups -OCH3 is 2. The zero-order valence-electron chi connectivity index (χ0n) is 12.7. The van der Waals surface area contributed by atoms with Crippen molar-refractivity contribution in [3.8, 4) is 5.75 Å². The van der Waals surface area contributed by atoms with Crippen LogP contribution in [0.25, 0.3) is 0 Å². The number of hydrogen-bond donors (Lipinski definition) is 1. The van der Waals surface area contributed by atoms with E-state index in [-0.39, 0.29) is 21.2 Å². The van der Waals surface area contributed by atoms with E-state index >= 15 is 0 Å². The predicted molar refractivity (Wildman–Crippen MR) is 99.3 cm³/mol. The number of carbonyl (C=O) groups excluding carboxylic acids is 1. The molecule has 2 aromatic carbocycles. The molecule has 0 saturated heterocycles. The van der Waals surface area contributed by atoms with Gasteiger partial charge in [0.1, 0.15) is 5.75 Å². The molecule has 24 heavy (non-hydrogen) atoms. The Bertz CT molecular complexity index is 885. The fraction of sp³-hybridized carbons (Fsp3) is 0.133. The molecule has 0 spiro atoms. The van der Waals surface area contributed by atoms with Gasteiger partial charge in [0, 0.05) is 0 Å². The third kappa shape index (κ3) is 4.11. The van der Waals surface area contributed by atoms with Gasteiger partial charge in [-0.25, -0.2) is 13.2 Å². The summed E-state index contributed by atoms with van der Waals surface area (Å²) in [6.07, 6.45) is 0. The van der Waals surface area contributed by atoms with E-state index in [0.29, 0.717) is 9.32 Å². The normalized spacial score (nSPS) is 11.0. The Kier molecular flexibility index (Phi) is 5.94. The summed E-state index contributed by atoms with van der Waals surface area (Å²) in [7, 11) is -1.14. The molecule has 0 aromatic heterocycles. The molecule has 0 aliphatic rings. The van der Waals surface area contributed by atoms with Crippen LogP contribution in [0.15, 0.2) is 41.3 Å². The smallest absolute Gasteiger partial charge is 0.337 e. The van der Waals surface area contributed by atoms with Gasteiger partial charge >= 0.3 is 5.97 Å². The van der Waals surface area contributed by atoms with E-state index in [1.54, 1.807) is 6.07 Å². The van der Waals surface area contributed by atoms with E-state index in [1.807, 2.05) is 22.6 Å². The second-order valence-corrected chi connectivity index (χ2v) is 7.84. The number of esters is 1. The molecule has 2 aromatic rings. The van der Waals surface area contributed by atoms with Crippen molar-refractivity contribution in [2.75, 3.05) is 18.9 Å². The summed E-state index contributed by atoms with van der Waals surface area (Å²) in [5.41, 5.74) is 0.273. The maximum Gasteiger partial charge on any atom is 0.337 e. The van der Waals surface area contributed by atoms with Crippen LogP contribution in [0.2, 0.25) is 5.02 Å². The van der Waals surface area contributed by atoms with Crippen LogP contribution in [0.3, 0.4) is 0 Å². The van der Waals surface area contributed by atoms with Crippen molar-refractivity contribution < 1.29 is 22.7 Å². The number of hydrogen-bond acceptors (Lipinski definition) is 5. The maximum atomic E-state index is 12.5. The first-order valence-electron chi connectivity index (χ1n) is 6.52. The molecule has 9 heteroatoms. The molecular weight excluding hydrogens is 469 g/mol. The topological polar surface area (TPSA) is 81.7 Å². The zero-order valence-corrected chi connectivity index (χ0v) is 16.4. The van der Waals surface area contributed by atoms with Gasteiger partial charge in [-0.1, -0.05) is 11.6 Å². The van der Waals surface area contributed by atoms with Crippen LogP contribution in [0, 0.1) is 3.57 Å². The standard InChI is InChI=1S/C15H13ClINO5S/c1-22-14-6-4-10(8-12(14)17)24(20,21)18-13-7-9(15(19)23-2)3-5-11(13)16/h3-8,18H,1-2H3. The van der Waals surface area contributed by atoms with Gasteiger partial charge < -0.3 is 9.47 Å². The van der Waals surface area contributed by atoms with E-state index in [0.717, 1.165) is 0 Å². The second-order valence-electron chi connectivity index (χ2n) is 4.59. The van der Waals surface area contributed by atoms with E-state index in [2.05, 4.69) is 9.46 Å². The van der Waals surface area contributed by atoms with Crippen LogP contribution in [0.5, 0.6) is 5.75 Å². The highest BCUT2D eigenvalue weighted by Gasteiger charge is 2.18. The van der Waals surface area contributed by atoms with Crippen LogP contribution >= 0.6 is 34.2 Å². The van der Waals surface area contributed by atoms with Crippen molar-refractivity contribution in [3.63, 3.8) is 0 Å². The van der Waals surface area contributed by atoms with Gasteiger partial charge in [-0.3, -0.25) is 4.72 Å². The van der Waals surface area contributed by atoms with Crippen molar-refractivity contribution in [1.29, 1.82) is 0 Å². The molecule has 0 aliphatic carbocycles. The number of sulfonamides is 1. The zero-order chi connectivity index (χ0) is 17.9. The Balaban J connectivity index is 2.39. The van der Waals surface area contributed by atoms with Gasteiger partial charge in [0.15, 0.2) is 0 Å². The predicted octanol–water partition coefficient (Wildman–Crippen LogP) is 3.54. The molecule has 0 fully saturated rings. The molecule has 1 N–H and O–H groups in total. The molecule has 0 aliphatic heterocycles. The van der Waals surface area contributed by atoms with Crippen LogP contribution in [-0.4, -0.2) is 28.6 Å². The SMILES string of the molecule is COC(=O)c1ccc(Cl)c(NS(=O)(=O)c2ccc(OC)c(I)c2)c1. The number of nitrogens with one attached hydrogen (secondary N) is 1. The highest BCUT2D eigenvalue weighted by molar-refractivity contribution is 14.1. The first-order chi connectivity index (χ1) is 11.3. The number of ether oxygens (including phenoxy) is 2. The highest BCUT2D eigenvalue weighted by Crippen LogP contribution is 2.28. The molecular formula is C15H13ClINO5S. The number of benzene rings is 2. The van der Waals surface area contributed by atoms with Crippen molar-refractivity contribution in [2.45, 2.75) is 4.90 Å². The van der Waals surface area contributed by atoms with Crippen molar-refractivity contribution in [3.05, 3.63) is 50.6 Å². The molecule has 2 rings (SSSR count). The number of carbonyl (C=O) groups is 1. The second kappa shape index (κ2) is 7.58. The molecule has 0 atom stereocenters. The molecule has 0 amide bonds. The van der Waals surface area contributed by atoms with Gasteiger partial charge in [-0.05, 0) is 59.0 Å². The summed E-state index contributed by atoms with van der Waals surface area (Å²) >= 11 is 7.99. The Labute approximate surface area is 158 Å². The lowest BCUT2D eigenvalue weighted by Crippen LogP contribution is -2.14. The Hall–Kier alpha value is -1.52. The van der Waals surface area contributed by atoms with E-state index in [4.69, 9.17) is 16.3 Å². The largest absolute Gasteiger partial charge is 0.496 e.